The van der Waals surface area contributed by atoms with Crippen molar-refractivity contribution in [1.29, 1.82) is 0 Å². The molecule has 2 aromatic rings. The first-order chi connectivity index (χ1) is 11.4. The zero-order valence-electron chi connectivity index (χ0n) is 14.4. The van der Waals surface area contributed by atoms with E-state index >= 15 is 0 Å². The number of nitrogens with zero attached hydrogens (tertiary/aromatic N) is 2. The number of hydrogen-bond acceptors (Lipinski definition) is 1. The molecule has 130 valence electrons. The molecular weight excluding hydrogens is 343 g/mol. The molecule has 0 saturated carbocycles. The molecule has 0 bridgehead atoms. The van der Waals surface area contributed by atoms with Gasteiger partial charge in [0.25, 0.3) is 0 Å². The molecule has 1 atom stereocenters. The highest BCUT2D eigenvalue weighted by molar-refractivity contribution is 6.31. The van der Waals surface area contributed by atoms with Gasteiger partial charge in [0.1, 0.15) is 5.38 Å². The molecule has 0 radical (unpaired) electrons. The SMILES string of the molecule is CC(C)CN(Cc1cccn1Cc1ccccc1Cl)C(=O)C(C)Cl. The van der Waals surface area contributed by atoms with Crippen LogP contribution in [0.2, 0.25) is 5.02 Å². The van der Waals surface area contributed by atoms with E-state index in [0.717, 1.165) is 16.3 Å². The van der Waals surface area contributed by atoms with Crippen molar-refractivity contribution in [2.45, 2.75) is 39.2 Å². The maximum atomic E-state index is 12.4. The highest BCUT2D eigenvalue weighted by atomic mass is 35.5. The first kappa shape index (κ1) is 18.9. The average molecular weight is 367 g/mol. The van der Waals surface area contributed by atoms with Gasteiger partial charge in [-0.15, -0.1) is 11.6 Å². The van der Waals surface area contributed by atoms with Crippen LogP contribution in [0, 0.1) is 5.92 Å². The van der Waals surface area contributed by atoms with Crippen molar-refractivity contribution in [2.24, 2.45) is 5.92 Å². The van der Waals surface area contributed by atoms with E-state index in [1.165, 1.54) is 0 Å². The zero-order chi connectivity index (χ0) is 17.7. The van der Waals surface area contributed by atoms with Crippen molar-refractivity contribution >= 4 is 29.1 Å². The summed E-state index contributed by atoms with van der Waals surface area (Å²) in [4.78, 5) is 14.2. The van der Waals surface area contributed by atoms with Gasteiger partial charge < -0.3 is 9.47 Å². The van der Waals surface area contributed by atoms with Crippen LogP contribution in [0.25, 0.3) is 0 Å². The molecular formula is C19H24Cl2N2O. The molecule has 1 amide bonds. The summed E-state index contributed by atoms with van der Waals surface area (Å²) < 4.78 is 2.13. The molecule has 0 spiro atoms. The number of rotatable bonds is 7. The second-order valence-electron chi connectivity index (χ2n) is 6.45. The number of amides is 1. The number of carbonyl (C=O) groups is 1. The zero-order valence-corrected chi connectivity index (χ0v) is 15.9. The summed E-state index contributed by atoms with van der Waals surface area (Å²) in [7, 11) is 0. The van der Waals surface area contributed by atoms with Crippen LogP contribution in [0.15, 0.2) is 42.6 Å². The first-order valence-electron chi connectivity index (χ1n) is 8.18. The number of alkyl halides is 1. The molecule has 1 aromatic carbocycles. The molecule has 0 fully saturated rings. The number of carbonyl (C=O) groups excluding carboxylic acids is 1. The fourth-order valence-corrected chi connectivity index (χ4v) is 3.01. The largest absolute Gasteiger partial charge is 0.345 e. The number of halogens is 2. The van der Waals surface area contributed by atoms with Gasteiger partial charge >= 0.3 is 0 Å². The quantitative estimate of drug-likeness (QED) is 0.645. The van der Waals surface area contributed by atoms with E-state index in [2.05, 4.69) is 18.4 Å². The van der Waals surface area contributed by atoms with Crippen molar-refractivity contribution in [3.63, 3.8) is 0 Å². The van der Waals surface area contributed by atoms with E-state index in [1.54, 1.807) is 6.92 Å². The smallest absolute Gasteiger partial charge is 0.240 e. The van der Waals surface area contributed by atoms with E-state index in [4.69, 9.17) is 23.2 Å². The molecule has 0 aliphatic rings. The Morgan fingerprint density at radius 1 is 1.17 bits per heavy atom. The molecule has 1 unspecified atom stereocenters. The van der Waals surface area contributed by atoms with Crippen LogP contribution >= 0.6 is 23.2 Å². The first-order valence-corrected chi connectivity index (χ1v) is 9.00. The topological polar surface area (TPSA) is 25.2 Å². The van der Waals surface area contributed by atoms with Gasteiger partial charge in [-0.1, -0.05) is 43.6 Å². The maximum absolute atomic E-state index is 12.4. The second-order valence-corrected chi connectivity index (χ2v) is 7.51. The molecule has 24 heavy (non-hydrogen) atoms. The molecule has 0 N–H and O–H groups in total. The van der Waals surface area contributed by atoms with Gasteiger partial charge in [-0.25, -0.2) is 0 Å². The Kier molecular flexibility index (Phi) is 6.76. The van der Waals surface area contributed by atoms with Crippen molar-refractivity contribution < 1.29 is 4.79 Å². The minimum atomic E-state index is -0.518. The van der Waals surface area contributed by atoms with E-state index < -0.39 is 5.38 Å². The molecule has 0 aliphatic heterocycles. The lowest BCUT2D eigenvalue weighted by atomic mass is 10.2. The highest BCUT2D eigenvalue weighted by Gasteiger charge is 2.21. The highest BCUT2D eigenvalue weighted by Crippen LogP contribution is 2.19. The summed E-state index contributed by atoms with van der Waals surface area (Å²) in [5.41, 5.74) is 2.13. The van der Waals surface area contributed by atoms with E-state index in [1.807, 2.05) is 47.5 Å². The van der Waals surface area contributed by atoms with E-state index in [9.17, 15) is 4.79 Å². The van der Waals surface area contributed by atoms with Gasteiger partial charge in [0.15, 0.2) is 0 Å². The predicted molar refractivity (Wildman–Crippen MR) is 101 cm³/mol. The summed E-state index contributed by atoms with van der Waals surface area (Å²) in [6.45, 7) is 7.84. The Labute approximate surface area is 154 Å². The van der Waals surface area contributed by atoms with E-state index in [0.29, 0.717) is 25.6 Å². The Morgan fingerprint density at radius 2 is 1.88 bits per heavy atom. The fraction of sp³-hybridized carbons (Fsp3) is 0.421. The van der Waals surface area contributed by atoms with Crippen LogP contribution in [-0.2, 0) is 17.9 Å². The minimum absolute atomic E-state index is 0.0316. The molecule has 0 saturated heterocycles. The summed E-state index contributed by atoms with van der Waals surface area (Å²) in [6, 6.07) is 11.8. The van der Waals surface area contributed by atoms with Crippen molar-refractivity contribution in [2.75, 3.05) is 6.54 Å². The summed E-state index contributed by atoms with van der Waals surface area (Å²) in [5, 5.41) is 0.234. The lowest BCUT2D eigenvalue weighted by Gasteiger charge is -2.26. The van der Waals surface area contributed by atoms with Crippen LogP contribution in [-0.4, -0.2) is 27.3 Å². The Hall–Kier alpha value is -1.45. The predicted octanol–water partition coefficient (Wildman–Crippen LogP) is 4.80. The number of benzene rings is 1. The molecule has 5 heteroatoms. The van der Waals surface area contributed by atoms with Crippen LogP contribution in [0.1, 0.15) is 32.0 Å². The summed E-state index contributed by atoms with van der Waals surface area (Å²) >= 11 is 12.3. The van der Waals surface area contributed by atoms with E-state index in [-0.39, 0.29) is 5.91 Å². The monoisotopic (exact) mass is 366 g/mol. The van der Waals surface area contributed by atoms with Gasteiger partial charge in [0, 0.05) is 30.0 Å². The second kappa shape index (κ2) is 8.59. The molecule has 0 aliphatic carbocycles. The third kappa shape index (κ3) is 5.02. The third-order valence-electron chi connectivity index (χ3n) is 3.81. The van der Waals surface area contributed by atoms with Crippen LogP contribution in [0.5, 0.6) is 0 Å². The van der Waals surface area contributed by atoms with Gasteiger partial charge in [0.2, 0.25) is 5.91 Å². The Balaban J connectivity index is 2.18. The number of aromatic nitrogens is 1. The van der Waals surface area contributed by atoms with Gasteiger partial charge in [-0.2, -0.15) is 0 Å². The maximum Gasteiger partial charge on any atom is 0.240 e. The fourth-order valence-electron chi connectivity index (χ4n) is 2.68. The Morgan fingerprint density at radius 3 is 2.50 bits per heavy atom. The van der Waals surface area contributed by atoms with Gasteiger partial charge in [-0.3, -0.25) is 4.79 Å². The molecule has 1 heterocycles. The summed E-state index contributed by atoms with van der Waals surface area (Å²) in [5.74, 6) is 0.354. The van der Waals surface area contributed by atoms with Crippen LogP contribution < -0.4 is 0 Å². The molecule has 3 nitrogen and oxygen atoms in total. The van der Waals surface area contributed by atoms with Crippen molar-refractivity contribution in [1.82, 2.24) is 9.47 Å². The number of hydrogen-bond donors (Lipinski definition) is 0. The molecule has 2 rings (SSSR count). The lowest BCUT2D eigenvalue weighted by Crippen LogP contribution is -2.38. The average Bonchev–Trinajstić information content (AvgIpc) is 2.94. The standard InChI is InChI=1S/C19H24Cl2N2O/c1-14(2)11-23(19(24)15(3)20)13-17-8-6-10-22(17)12-16-7-4-5-9-18(16)21/h4-10,14-15H,11-13H2,1-3H3. The van der Waals surface area contributed by atoms with Crippen LogP contribution in [0.3, 0.4) is 0 Å². The third-order valence-corrected chi connectivity index (χ3v) is 4.37. The Bertz CT molecular complexity index is 680. The van der Waals surface area contributed by atoms with Gasteiger partial charge in [0.05, 0.1) is 6.54 Å². The van der Waals surface area contributed by atoms with Crippen molar-refractivity contribution in [3.05, 3.63) is 58.9 Å². The van der Waals surface area contributed by atoms with Crippen molar-refractivity contribution in [3.8, 4) is 0 Å². The van der Waals surface area contributed by atoms with Crippen LogP contribution in [0.4, 0.5) is 0 Å². The normalized spacial score (nSPS) is 12.4. The molecule has 1 aromatic heterocycles. The summed E-state index contributed by atoms with van der Waals surface area (Å²) in [6.07, 6.45) is 2.01. The minimum Gasteiger partial charge on any atom is -0.345 e. The lowest BCUT2D eigenvalue weighted by molar-refractivity contribution is -0.131. The van der Waals surface area contributed by atoms with Gasteiger partial charge in [-0.05, 0) is 36.6 Å².